The SMILES string of the molecule is CC(C)(CNC(=O)N(CC(=O)O)CC1CC1)NS(C)(=O)=O. The number of rotatable bonds is 8. The number of nitrogens with one attached hydrogen (secondary N) is 2. The molecule has 0 aromatic carbocycles. The third-order valence-electron chi connectivity index (χ3n) is 2.93. The summed E-state index contributed by atoms with van der Waals surface area (Å²) in [7, 11) is -3.39. The van der Waals surface area contributed by atoms with Gasteiger partial charge in [-0.1, -0.05) is 0 Å². The number of hydrogen-bond donors (Lipinski definition) is 3. The Morgan fingerprint density at radius 2 is 1.90 bits per heavy atom. The van der Waals surface area contributed by atoms with Crippen LogP contribution in [-0.4, -0.2) is 61.9 Å². The van der Waals surface area contributed by atoms with Crippen LogP contribution in [0.3, 0.4) is 0 Å². The first-order valence-corrected chi connectivity index (χ1v) is 8.61. The van der Waals surface area contributed by atoms with Crippen LogP contribution >= 0.6 is 0 Å². The molecule has 0 spiro atoms. The van der Waals surface area contributed by atoms with Crippen LogP contribution in [0.2, 0.25) is 0 Å². The molecule has 122 valence electrons. The van der Waals surface area contributed by atoms with E-state index in [0.29, 0.717) is 12.5 Å². The topological polar surface area (TPSA) is 116 Å². The number of nitrogens with zero attached hydrogens (tertiary/aromatic N) is 1. The van der Waals surface area contributed by atoms with Crippen LogP contribution < -0.4 is 10.0 Å². The Kier molecular flexibility index (Phi) is 5.57. The molecular weight excluding hydrogens is 298 g/mol. The van der Waals surface area contributed by atoms with Crippen LogP contribution in [0.25, 0.3) is 0 Å². The zero-order chi connectivity index (χ0) is 16.3. The van der Waals surface area contributed by atoms with E-state index >= 15 is 0 Å². The van der Waals surface area contributed by atoms with Gasteiger partial charge < -0.3 is 15.3 Å². The molecule has 2 amide bonds. The van der Waals surface area contributed by atoms with Gasteiger partial charge in [0.15, 0.2) is 0 Å². The highest BCUT2D eigenvalue weighted by molar-refractivity contribution is 7.88. The maximum Gasteiger partial charge on any atom is 0.323 e. The fraction of sp³-hybridized carbons (Fsp3) is 0.833. The molecule has 1 rings (SSSR count). The molecule has 0 saturated heterocycles. The van der Waals surface area contributed by atoms with Crippen LogP contribution in [-0.2, 0) is 14.8 Å². The summed E-state index contributed by atoms with van der Waals surface area (Å²) < 4.78 is 24.8. The van der Waals surface area contributed by atoms with Gasteiger partial charge in [-0.15, -0.1) is 0 Å². The van der Waals surface area contributed by atoms with Gasteiger partial charge in [0, 0.05) is 18.6 Å². The van der Waals surface area contributed by atoms with Crippen molar-refractivity contribution in [1.29, 1.82) is 0 Å². The molecular formula is C12H23N3O5S. The summed E-state index contributed by atoms with van der Waals surface area (Å²) in [6.45, 7) is 3.40. The normalized spacial score (nSPS) is 15.6. The predicted octanol–water partition coefficient (Wildman–Crippen LogP) is -0.180. The monoisotopic (exact) mass is 321 g/mol. The van der Waals surface area contributed by atoms with E-state index in [9.17, 15) is 18.0 Å². The van der Waals surface area contributed by atoms with E-state index in [4.69, 9.17) is 5.11 Å². The standard InChI is InChI=1S/C12H23N3O5S/c1-12(2,14-21(3,19)20)8-13-11(18)15(7-10(16)17)6-9-4-5-9/h9,14H,4-8H2,1-3H3,(H,13,18)(H,16,17). The summed E-state index contributed by atoms with van der Waals surface area (Å²) in [5.74, 6) is -0.698. The summed E-state index contributed by atoms with van der Waals surface area (Å²) in [4.78, 5) is 24.1. The van der Waals surface area contributed by atoms with E-state index in [1.165, 1.54) is 4.90 Å². The highest BCUT2D eigenvalue weighted by Gasteiger charge is 2.29. The van der Waals surface area contributed by atoms with Crippen LogP contribution in [0.15, 0.2) is 0 Å². The largest absolute Gasteiger partial charge is 0.480 e. The molecule has 0 unspecified atom stereocenters. The van der Waals surface area contributed by atoms with E-state index < -0.39 is 27.6 Å². The highest BCUT2D eigenvalue weighted by atomic mass is 32.2. The van der Waals surface area contributed by atoms with Gasteiger partial charge in [-0.05, 0) is 32.6 Å². The second-order valence-electron chi connectivity index (χ2n) is 6.13. The number of carbonyl (C=O) groups is 2. The van der Waals surface area contributed by atoms with Gasteiger partial charge in [0.25, 0.3) is 0 Å². The first kappa shape index (κ1) is 17.7. The Morgan fingerprint density at radius 1 is 1.33 bits per heavy atom. The van der Waals surface area contributed by atoms with Gasteiger partial charge in [-0.3, -0.25) is 4.79 Å². The molecule has 1 fully saturated rings. The lowest BCUT2D eigenvalue weighted by Crippen LogP contribution is -2.53. The molecule has 0 atom stereocenters. The van der Waals surface area contributed by atoms with Crippen molar-refractivity contribution >= 4 is 22.0 Å². The minimum atomic E-state index is -3.39. The Balaban J connectivity index is 2.53. The van der Waals surface area contributed by atoms with Crippen molar-refractivity contribution < 1.29 is 23.1 Å². The van der Waals surface area contributed by atoms with Gasteiger partial charge in [0.05, 0.1) is 6.26 Å². The molecule has 1 aliphatic carbocycles. The lowest BCUT2D eigenvalue weighted by atomic mass is 10.1. The van der Waals surface area contributed by atoms with E-state index in [-0.39, 0.29) is 13.1 Å². The van der Waals surface area contributed by atoms with Crippen molar-refractivity contribution in [3.8, 4) is 0 Å². The van der Waals surface area contributed by atoms with E-state index in [2.05, 4.69) is 10.0 Å². The number of amides is 2. The average Bonchev–Trinajstić information content (AvgIpc) is 3.05. The molecule has 21 heavy (non-hydrogen) atoms. The fourth-order valence-electron chi connectivity index (χ4n) is 1.94. The molecule has 0 aliphatic heterocycles. The summed E-state index contributed by atoms with van der Waals surface area (Å²) >= 11 is 0. The molecule has 8 nitrogen and oxygen atoms in total. The van der Waals surface area contributed by atoms with Crippen molar-refractivity contribution in [1.82, 2.24) is 14.9 Å². The van der Waals surface area contributed by atoms with E-state index in [1.54, 1.807) is 13.8 Å². The number of sulfonamides is 1. The number of hydrogen-bond acceptors (Lipinski definition) is 4. The molecule has 0 aromatic heterocycles. The molecule has 1 aliphatic rings. The zero-order valence-corrected chi connectivity index (χ0v) is 13.4. The maximum absolute atomic E-state index is 12.0. The van der Waals surface area contributed by atoms with Crippen LogP contribution in [0.4, 0.5) is 4.79 Å². The lowest BCUT2D eigenvalue weighted by molar-refractivity contribution is -0.137. The Hall–Kier alpha value is -1.35. The van der Waals surface area contributed by atoms with E-state index in [1.807, 2.05) is 0 Å². The summed E-state index contributed by atoms with van der Waals surface area (Å²) in [5.41, 5.74) is -0.849. The Morgan fingerprint density at radius 3 is 2.33 bits per heavy atom. The first-order valence-electron chi connectivity index (χ1n) is 6.72. The quantitative estimate of drug-likeness (QED) is 0.573. The van der Waals surface area contributed by atoms with Crippen molar-refractivity contribution in [3.05, 3.63) is 0 Å². The summed E-state index contributed by atoms with van der Waals surface area (Å²) in [6.07, 6.45) is 3.05. The lowest BCUT2D eigenvalue weighted by Gasteiger charge is -2.28. The van der Waals surface area contributed by atoms with Crippen LogP contribution in [0.5, 0.6) is 0 Å². The number of urea groups is 1. The molecule has 0 heterocycles. The van der Waals surface area contributed by atoms with E-state index in [0.717, 1.165) is 19.1 Å². The number of carbonyl (C=O) groups excluding carboxylic acids is 1. The first-order chi connectivity index (χ1) is 9.48. The second kappa shape index (κ2) is 6.61. The van der Waals surface area contributed by atoms with Gasteiger partial charge in [0.1, 0.15) is 6.54 Å². The predicted molar refractivity (Wildman–Crippen MR) is 77.4 cm³/mol. The molecule has 0 radical (unpaired) electrons. The molecule has 0 bridgehead atoms. The third-order valence-corrected chi connectivity index (χ3v) is 3.86. The number of carboxylic acid groups (broad SMARTS) is 1. The number of aliphatic carboxylic acids is 1. The summed E-state index contributed by atoms with van der Waals surface area (Å²) in [6, 6.07) is -0.493. The van der Waals surface area contributed by atoms with Crippen molar-refractivity contribution in [3.63, 3.8) is 0 Å². The van der Waals surface area contributed by atoms with Crippen molar-refractivity contribution in [2.75, 3.05) is 25.9 Å². The fourth-order valence-corrected chi connectivity index (χ4v) is 3.02. The van der Waals surface area contributed by atoms with Crippen LogP contribution in [0, 0.1) is 5.92 Å². The average molecular weight is 321 g/mol. The Bertz CT molecular complexity index is 499. The molecule has 0 aromatic rings. The maximum atomic E-state index is 12.0. The van der Waals surface area contributed by atoms with Gasteiger partial charge in [-0.2, -0.15) is 0 Å². The van der Waals surface area contributed by atoms with Crippen LogP contribution in [0.1, 0.15) is 26.7 Å². The number of carboxylic acids is 1. The Labute approximate surface area is 124 Å². The van der Waals surface area contributed by atoms with Crippen molar-refractivity contribution in [2.24, 2.45) is 5.92 Å². The molecule has 1 saturated carbocycles. The third kappa shape index (κ3) is 7.86. The molecule has 3 N–H and O–H groups in total. The second-order valence-corrected chi connectivity index (χ2v) is 7.88. The summed E-state index contributed by atoms with van der Waals surface area (Å²) in [5, 5.41) is 11.4. The van der Waals surface area contributed by atoms with Crippen molar-refractivity contribution in [2.45, 2.75) is 32.2 Å². The highest BCUT2D eigenvalue weighted by Crippen LogP contribution is 2.29. The van der Waals surface area contributed by atoms with Gasteiger partial charge in [0.2, 0.25) is 10.0 Å². The molecule has 9 heteroatoms. The van der Waals surface area contributed by atoms with Gasteiger partial charge >= 0.3 is 12.0 Å². The van der Waals surface area contributed by atoms with Gasteiger partial charge in [-0.25, -0.2) is 17.9 Å². The minimum absolute atomic E-state index is 0.0691. The minimum Gasteiger partial charge on any atom is -0.480 e. The smallest absolute Gasteiger partial charge is 0.323 e. The zero-order valence-electron chi connectivity index (χ0n) is 12.5.